The van der Waals surface area contributed by atoms with Gasteiger partial charge in [-0.1, -0.05) is 70.4 Å². The molecule has 1 aromatic rings. The first-order chi connectivity index (χ1) is 16.5. The SMILES string of the molecule is C=Cc1cccc(C(C(=O)NC(C)CCC)N(CCCCCC)C(=O)CNC(=O)OC(C)(C)C)c1. The van der Waals surface area contributed by atoms with Crippen molar-refractivity contribution in [1.82, 2.24) is 15.5 Å². The standard InChI is InChI=1S/C28H45N3O4/c1-8-11-12-13-18-31(24(32)20-29-27(34)35-28(5,6)7)25(26(33)30-21(4)15-9-2)23-17-14-16-22(10-3)19-23/h10,14,16-17,19,21,25H,3,8-9,11-13,15,18,20H2,1-2,4-7H3,(H,29,34)(H,30,33). The molecule has 0 heterocycles. The molecular weight excluding hydrogens is 442 g/mol. The van der Waals surface area contributed by atoms with Gasteiger partial charge in [0.2, 0.25) is 11.8 Å². The van der Waals surface area contributed by atoms with E-state index in [1.165, 1.54) is 0 Å². The Morgan fingerprint density at radius 2 is 1.83 bits per heavy atom. The van der Waals surface area contributed by atoms with Crippen molar-refractivity contribution in [2.75, 3.05) is 13.1 Å². The number of carbonyl (C=O) groups excluding carboxylic acids is 3. The molecule has 0 saturated carbocycles. The van der Waals surface area contributed by atoms with Crippen LogP contribution in [0.1, 0.15) is 97.2 Å². The number of benzene rings is 1. The van der Waals surface area contributed by atoms with E-state index in [0.717, 1.165) is 44.1 Å². The fraction of sp³-hybridized carbons (Fsp3) is 0.607. The van der Waals surface area contributed by atoms with Gasteiger partial charge in [0.15, 0.2) is 0 Å². The number of rotatable bonds is 14. The lowest BCUT2D eigenvalue weighted by Crippen LogP contribution is -2.49. The van der Waals surface area contributed by atoms with Crippen LogP contribution in [-0.2, 0) is 14.3 Å². The van der Waals surface area contributed by atoms with Gasteiger partial charge in [0.25, 0.3) is 0 Å². The molecule has 0 aliphatic heterocycles. The first kappa shape index (κ1) is 30.2. The summed E-state index contributed by atoms with van der Waals surface area (Å²) in [6, 6.07) is 6.67. The molecule has 7 heteroatoms. The summed E-state index contributed by atoms with van der Waals surface area (Å²) in [6.45, 7) is 15.4. The number of nitrogens with one attached hydrogen (secondary N) is 2. The van der Waals surface area contributed by atoms with Gasteiger partial charge < -0.3 is 20.3 Å². The molecule has 196 valence electrons. The lowest BCUT2D eigenvalue weighted by molar-refractivity contribution is -0.140. The van der Waals surface area contributed by atoms with Crippen LogP contribution >= 0.6 is 0 Å². The Balaban J connectivity index is 3.26. The van der Waals surface area contributed by atoms with E-state index >= 15 is 0 Å². The highest BCUT2D eigenvalue weighted by Gasteiger charge is 2.32. The quantitative estimate of drug-likeness (QED) is 0.334. The summed E-state index contributed by atoms with van der Waals surface area (Å²) >= 11 is 0. The van der Waals surface area contributed by atoms with Crippen molar-refractivity contribution in [2.45, 2.75) is 97.8 Å². The third-order valence-electron chi connectivity index (χ3n) is 5.49. The third-order valence-corrected chi connectivity index (χ3v) is 5.49. The Labute approximate surface area is 211 Å². The van der Waals surface area contributed by atoms with Crippen LogP contribution in [0.5, 0.6) is 0 Å². The van der Waals surface area contributed by atoms with Crippen LogP contribution in [-0.4, -0.2) is 47.5 Å². The number of unbranched alkanes of at least 4 members (excludes halogenated alkanes) is 3. The fourth-order valence-corrected chi connectivity index (χ4v) is 3.83. The van der Waals surface area contributed by atoms with Gasteiger partial charge in [-0.3, -0.25) is 9.59 Å². The lowest BCUT2D eigenvalue weighted by Gasteiger charge is -2.33. The molecule has 0 spiro atoms. The van der Waals surface area contributed by atoms with Gasteiger partial charge in [-0.2, -0.15) is 0 Å². The molecule has 7 nitrogen and oxygen atoms in total. The van der Waals surface area contributed by atoms with E-state index in [0.29, 0.717) is 12.1 Å². The molecule has 0 aliphatic rings. The third kappa shape index (κ3) is 11.4. The maximum absolute atomic E-state index is 13.5. The van der Waals surface area contributed by atoms with Gasteiger partial charge in [0.1, 0.15) is 18.2 Å². The second-order valence-corrected chi connectivity index (χ2v) is 9.98. The Bertz CT molecular complexity index is 832. The highest BCUT2D eigenvalue weighted by atomic mass is 16.6. The fourth-order valence-electron chi connectivity index (χ4n) is 3.83. The Morgan fingerprint density at radius 1 is 1.11 bits per heavy atom. The largest absolute Gasteiger partial charge is 0.444 e. The molecule has 2 atom stereocenters. The first-order valence-corrected chi connectivity index (χ1v) is 12.8. The minimum Gasteiger partial charge on any atom is -0.444 e. The van der Waals surface area contributed by atoms with Crippen molar-refractivity contribution in [2.24, 2.45) is 0 Å². The molecule has 0 aliphatic carbocycles. The normalized spacial score (nSPS) is 12.9. The van der Waals surface area contributed by atoms with Crippen LogP contribution in [0, 0.1) is 0 Å². The molecule has 2 unspecified atom stereocenters. The van der Waals surface area contributed by atoms with Gasteiger partial charge in [-0.05, 0) is 57.7 Å². The predicted octanol–water partition coefficient (Wildman–Crippen LogP) is 5.61. The van der Waals surface area contributed by atoms with E-state index in [-0.39, 0.29) is 24.4 Å². The molecule has 0 saturated heterocycles. The molecule has 1 rings (SSSR count). The number of hydrogen-bond donors (Lipinski definition) is 2. The zero-order chi connectivity index (χ0) is 26.4. The van der Waals surface area contributed by atoms with E-state index < -0.39 is 17.7 Å². The van der Waals surface area contributed by atoms with Crippen LogP contribution < -0.4 is 10.6 Å². The number of amides is 3. The minimum atomic E-state index is -0.816. The topological polar surface area (TPSA) is 87.7 Å². The molecule has 35 heavy (non-hydrogen) atoms. The number of carbonyl (C=O) groups is 3. The summed E-state index contributed by atoms with van der Waals surface area (Å²) in [5.74, 6) is -0.562. The van der Waals surface area contributed by atoms with Crippen molar-refractivity contribution in [3.8, 4) is 0 Å². The van der Waals surface area contributed by atoms with Gasteiger partial charge in [0.05, 0.1) is 0 Å². The maximum atomic E-state index is 13.5. The second kappa shape index (κ2) is 15.2. The summed E-state index contributed by atoms with van der Waals surface area (Å²) in [6.07, 6.45) is 6.67. The number of hydrogen-bond acceptors (Lipinski definition) is 4. The number of ether oxygens (including phenoxy) is 1. The summed E-state index contributed by atoms with van der Waals surface area (Å²) in [4.78, 5) is 40.7. The monoisotopic (exact) mass is 487 g/mol. The van der Waals surface area contributed by atoms with E-state index in [9.17, 15) is 14.4 Å². The first-order valence-electron chi connectivity index (χ1n) is 12.8. The Kier molecular flexibility index (Phi) is 13.1. The van der Waals surface area contributed by atoms with Crippen molar-refractivity contribution < 1.29 is 19.1 Å². The average Bonchev–Trinajstić information content (AvgIpc) is 2.78. The molecular formula is C28H45N3O4. The molecule has 1 aromatic carbocycles. The van der Waals surface area contributed by atoms with Crippen LogP contribution in [0.15, 0.2) is 30.8 Å². The molecule has 0 bridgehead atoms. The summed E-state index contributed by atoms with van der Waals surface area (Å²) in [5.41, 5.74) is 0.910. The Morgan fingerprint density at radius 3 is 2.43 bits per heavy atom. The highest BCUT2D eigenvalue weighted by Crippen LogP contribution is 2.24. The van der Waals surface area contributed by atoms with Crippen LogP contribution in [0.4, 0.5) is 4.79 Å². The summed E-state index contributed by atoms with van der Waals surface area (Å²) < 4.78 is 5.27. The van der Waals surface area contributed by atoms with E-state index in [1.807, 2.05) is 31.2 Å². The van der Waals surface area contributed by atoms with Crippen molar-refractivity contribution >= 4 is 24.0 Å². The van der Waals surface area contributed by atoms with E-state index in [1.54, 1.807) is 31.7 Å². The maximum Gasteiger partial charge on any atom is 0.408 e. The van der Waals surface area contributed by atoms with Crippen LogP contribution in [0.25, 0.3) is 6.08 Å². The summed E-state index contributed by atoms with van der Waals surface area (Å²) in [5, 5.41) is 5.63. The zero-order valence-corrected chi connectivity index (χ0v) is 22.5. The van der Waals surface area contributed by atoms with E-state index in [4.69, 9.17) is 4.74 Å². The van der Waals surface area contributed by atoms with Gasteiger partial charge in [-0.25, -0.2) is 4.79 Å². The lowest BCUT2D eigenvalue weighted by atomic mass is 10.00. The van der Waals surface area contributed by atoms with Crippen LogP contribution in [0.2, 0.25) is 0 Å². The number of alkyl carbamates (subject to hydrolysis) is 1. The molecule has 0 fully saturated rings. The smallest absolute Gasteiger partial charge is 0.408 e. The van der Waals surface area contributed by atoms with Crippen molar-refractivity contribution in [3.63, 3.8) is 0 Å². The predicted molar refractivity (Wildman–Crippen MR) is 142 cm³/mol. The minimum absolute atomic E-state index is 0.0190. The second-order valence-electron chi connectivity index (χ2n) is 9.98. The Hall–Kier alpha value is -2.83. The van der Waals surface area contributed by atoms with Crippen molar-refractivity contribution in [1.29, 1.82) is 0 Å². The molecule has 0 aromatic heterocycles. The van der Waals surface area contributed by atoms with Gasteiger partial charge in [-0.15, -0.1) is 0 Å². The molecule has 3 amide bonds. The summed E-state index contributed by atoms with van der Waals surface area (Å²) in [7, 11) is 0. The van der Waals surface area contributed by atoms with Gasteiger partial charge >= 0.3 is 6.09 Å². The zero-order valence-electron chi connectivity index (χ0n) is 22.5. The van der Waals surface area contributed by atoms with Crippen LogP contribution in [0.3, 0.4) is 0 Å². The molecule has 2 N–H and O–H groups in total. The average molecular weight is 488 g/mol. The van der Waals surface area contributed by atoms with Gasteiger partial charge in [0, 0.05) is 12.6 Å². The van der Waals surface area contributed by atoms with E-state index in [2.05, 4.69) is 31.1 Å². The number of nitrogens with zero attached hydrogens (tertiary/aromatic N) is 1. The van der Waals surface area contributed by atoms with Crippen molar-refractivity contribution in [3.05, 3.63) is 42.0 Å². The molecule has 0 radical (unpaired) electrons. The highest BCUT2D eigenvalue weighted by molar-refractivity contribution is 5.90.